The predicted octanol–water partition coefficient (Wildman–Crippen LogP) is 3.45. The highest BCUT2D eigenvalue weighted by atomic mass is 16.5. The highest BCUT2D eigenvalue weighted by Gasteiger charge is 2.22. The van der Waals surface area contributed by atoms with Gasteiger partial charge in [-0.1, -0.05) is 43.7 Å². The number of benzene rings is 1. The van der Waals surface area contributed by atoms with Crippen molar-refractivity contribution in [2.75, 3.05) is 32.8 Å². The van der Waals surface area contributed by atoms with Crippen LogP contribution in [0.2, 0.25) is 0 Å². The third kappa shape index (κ3) is 6.68. The van der Waals surface area contributed by atoms with E-state index in [1.54, 1.807) is 6.20 Å². The molecule has 0 radical (unpaired) electrons. The summed E-state index contributed by atoms with van der Waals surface area (Å²) in [6, 6.07) is 8.50. The fourth-order valence-corrected chi connectivity index (χ4v) is 3.67. The second-order valence-electron chi connectivity index (χ2n) is 8.22. The molecule has 1 N–H and O–H groups in total. The lowest BCUT2D eigenvalue weighted by atomic mass is 10.0. The molecule has 1 aliphatic rings. The smallest absolute Gasteiger partial charge is 0.220 e. The summed E-state index contributed by atoms with van der Waals surface area (Å²) in [7, 11) is 0. The first-order valence-corrected chi connectivity index (χ1v) is 10.6. The van der Waals surface area contributed by atoms with Gasteiger partial charge in [0.15, 0.2) is 11.7 Å². The van der Waals surface area contributed by atoms with Gasteiger partial charge in [0.1, 0.15) is 0 Å². The first kappa shape index (κ1) is 21.5. The van der Waals surface area contributed by atoms with Gasteiger partial charge in [-0.3, -0.25) is 9.69 Å². The standard InChI is InChI=1S/C23H33N3O3/c1-17(2)14-20(26-10-12-28-13-11-26)15-24-22(27)8-9-23-25-16-21(29-23)19-6-4-18(3)5-7-19/h4-7,16-17,20H,8-15H2,1-3H3,(H,24,27). The minimum atomic E-state index is 0.0436. The molecular formula is C23H33N3O3. The number of amides is 1. The van der Waals surface area contributed by atoms with E-state index in [0.29, 0.717) is 37.2 Å². The van der Waals surface area contributed by atoms with E-state index in [4.69, 9.17) is 9.15 Å². The van der Waals surface area contributed by atoms with Gasteiger partial charge in [-0.15, -0.1) is 0 Å². The molecule has 6 nitrogen and oxygen atoms in total. The number of aromatic nitrogens is 1. The van der Waals surface area contributed by atoms with E-state index in [-0.39, 0.29) is 5.91 Å². The van der Waals surface area contributed by atoms with Gasteiger partial charge >= 0.3 is 0 Å². The van der Waals surface area contributed by atoms with Crippen LogP contribution in [0.5, 0.6) is 0 Å². The number of nitrogens with one attached hydrogen (secondary N) is 1. The summed E-state index contributed by atoms with van der Waals surface area (Å²) in [6.45, 7) is 10.6. The Kier molecular flexibility index (Phi) is 7.83. The van der Waals surface area contributed by atoms with E-state index in [1.807, 2.05) is 24.3 Å². The summed E-state index contributed by atoms with van der Waals surface area (Å²) >= 11 is 0. The lowest BCUT2D eigenvalue weighted by molar-refractivity contribution is -0.121. The van der Waals surface area contributed by atoms with Crippen LogP contribution >= 0.6 is 0 Å². The molecule has 0 saturated carbocycles. The number of morpholine rings is 1. The molecule has 1 atom stereocenters. The number of carbonyl (C=O) groups excluding carboxylic acids is 1. The Labute approximate surface area is 173 Å². The fraction of sp³-hybridized carbons (Fsp3) is 0.565. The highest BCUT2D eigenvalue weighted by molar-refractivity contribution is 5.76. The normalized spacial score (nSPS) is 16.1. The number of hydrogen-bond acceptors (Lipinski definition) is 5. The van der Waals surface area contributed by atoms with Gasteiger partial charge in [-0.2, -0.15) is 0 Å². The molecule has 6 heteroatoms. The summed E-state index contributed by atoms with van der Waals surface area (Å²) < 4.78 is 11.3. The molecule has 1 amide bonds. The second kappa shape index (κ2) is 10.6. The average Bonchev–Trinajstić information content (AvgIpc) is 3.19. The van der Waals surface area contributed by atoms with E-state index >= 15 is 0 Å². The number of nitrogens with zero attached hydrogens (tertiary/aromatic N) is 2. The Morgan fingerprint density at radius 3 is 2.62 bits per heavy atom. The zero-order valence-corrected chi connectivity index (χ0v) is 17.8. The van der Waals surface area contributed by atoms with Gasteiger partial charge in [0, 0.05) is 44.1 Å². The van der Waals surface area contributed by atoms with E-state index < -0.39 is 0 Å². The molecule has 1 aliphatic heterocycles. The van der Waals surface area contributed by atoms with Crippen molar-refractivity contribution in [3.05, 3.63) is 41.9 Å². The molecular weight excluding hydrogens is 366 g/mol. The number of hydrogen-bond donors (Lipinski definition) is 1. The number of rotatable bonds is 9. The molecule has 3 rings (SSSR count). The largest absolute Gasteiger partial charge is 0.441 e. The Morgan fingerprint density at radius 2 is 1.93 bits per heavy atom. The van der Waals surface area contributed by atoms with Crippen molar-refractivity contribution in [1.82, 2.24) is 15.2 Å². The van der Waals surface area contributed by atoms with Crippen molar-refractivity contribution >= 4 is 5.91 Å². The van der Waals surface area contributed by atoms with Crippen LogP contribution in [0.3, 0.4) is 0 Å². The van der Waals surface area contributed by atoms with Crippen molar-refractivity contribution in [2.45, 2.75) is 46.1 Å². The molecule has 0 spiro atoms. The maximum Gasteiger partial charge on any atom is 0.220 e. The number of aryl methyl sites for hydroxylation is 2. The summed E-state index contributed by atoms with van der Waals surface area (Å²) in [4.78, 5) is 19.1. The third-order valence-corrected chi connectivity index (χ3v) is 5.30. The van der Waals surface area contributed by atoms with Crippen LogP contribution in [-0.2, 0) is 16.0 Å². The van der Waals surface area contributed by atoms with Crippen LogP contribution in [0.4, 0.5) is 0 Å². The molecule has 2 aromatic rings. The minimum Gasteiger partial charge on any atom is -0.441 e. The Morgan fingerprint density at radius 1 is 1.21 bits per heavy atom. The molecule has 158 valence electrons. The first-order valence-electron chi connectivity index (χ1n) is 10.6. The molecule has 1 saturated heterocycles. The Bertz CT molecular complexity index is 764. The molecule has 0 aliphatic carbocycles. The van der Waals surface area contributed by atoms with E-state index in [2.05, 4.69) is 36.0 Å². The topological polar surface area (TPSA) is 67.6 Å². The number of oxazole rings is 1. The van der Waals surface area contributed by atoms with Crippen molar-refractivity contribution in [3.63, 3.8) is 0 Å². The molecule has 1 aromatic heterocycles. The van der Waals surface area contributed by atoms with Gasteiger partial charge < -0.3 is 14.5 Å². The fourth-order valence-electron chi connectivity index (χ4n) is 3.67. The van der Waals surface area contributed by atoms with Crippen LogP contribution in [0, 0.1) is 12.8 Å². The zero-order valence-electron chi connectivity index (χ0n) is 17.8. The lowest BCUT2D eigenvalue weighted by Crippen LogP contribution is -2.49. The monoisotopic (exact) mass is 399 g/mol. The van der Waals surface area contributed by atoms with Crippen LogP contribution in [0.1, 0.15) is 38.1 Å². The van der Waals surface area contributed by atoms with E-state index in [1.165, 1.54) is 5.56 Å². The first-order chi connectivity index (χ1) is 14.0. The van der Waals surface area contributed by atoms with Crippen LogP contribution < -0.4 is 5.32 Å². The van der Waals surface area contributed by atoms with Gasteiger partial charge in [0.05, 0.1) is 19.4 Å². The van der Waals surface area contributed by atoms with E-state index in [9.17, 15) is 4.79 Å². The molecule has 0 bridgehead atoms. The quantitative estimate of drug-likeness (QED) is 0.700. The average molecular weight is 400 g/mol. The Balaban J connectivity index is 1.47. The van der Waals surface area contributed by atoms with Crippen LogP contribution in [-0.4, -0.2) is 54.7 Å². The summed E-state index contributed by atoms with van der Waals surface area (Å²) in [5.41, 5.74) is 2.21. The van der Waals surface area contributed by atoms with E-state index in [0.717, 1.165) is 44.0 Å². The second-order valence-corrected chi connectivity index (χ2v) is 8.22. The summed E-state index contributed by atoms with van der Waals surface area (Å²) in [5, 5.41) is 3.11. The third-order valence-electron chi connectivity index (χ3n) is 5.30. The summed E-state index contributed by atoms with van der Waals surface area (Å²) in [6.07, 6.45) is 3.68. The van der Waals surface area contributed by atoms with Gasteiger partial charge in [-0.25, -0.2) is 4.98 Å². The maximum absolute atomic E-state index is 12.4. The predicted molar refractivity (Wildman–Crippen MR) is 114 cm³/mol. The van der Waals surface area contributed by atoms with Crippen molar-refractivity contribution < 1.29 is 13.9 Å². The zero-order chi connectivity index (χ0) is 20.6. The molecule has 1 unspecified atom stereocenters. The molecule has 2 heterocycles. The highest BCUT2D eigenvalue weighted by Crippen LogP contribution is 2.21. The van der Waals surface area contributed by atoms with Crippen LogP contribution in [0.15, 0.2) is 34.9 Å². The SMILES string of the molecule is Cc1ccc(-c2cnc(CCC(=O)NCC(CC(C)C)N3CCOCC3)o2)cc1. The molecule has 1 aromatic carbocycles. The van der Waals surface area contributed by atoms with Crippen molar-refractivity contribution in [1.29, 1.82) is 0 Å². The lowest BCUT2D eigenvalue weighted by Gasteiger charge is -2.35. The maximum atomic E-state index is 12.4. The number of ether oxygens (including phenoxy) is 1. The van der Waals surface area contributed by atoms with Crippen LogP contribution in [0.25, 0.3) is 11.3 Å². The van der Waals surface area contributed by atoms with Gasteiger partial charge in [-0.05, 0) is 19.3 Å². The minimum absolute atomic E-state index is 0.0436. The van der Waals surface area contributed by atoms with Crippen molar-refractivity contribution in [2.24, 2.45) is 5.92 Å². The molecule has 29 heavy (non-hydrogen) atoms. The van der Waals surface area contributed by atoms with Crippen molar-refractivity contribution in [3.8, 4) is 11.3 Å². The number of carbonyl (C=O) groups is 1. The summed E-state index contributed by atoms with van der Waals surface area (Å²) in [5.74, 6) is 1.97. The molecule has 1 fully saturated rings. The van der Waals surface area contributed by atoms with Gasteiger partial charge in [0.2, 0.25) is 5.91 Å². The van der Waals surface area contributed by atoms with Gasteiger partial charge in [0.25, 0.3) is 0 Å². The Hall–Kier alpha value is -2.18.